The van der Waals surface area contributed by atoms with Crippen LogP contribution in [0.1, 0.15) is 30.4 Å². The van der Waals surface area contributed by atoms with Crippen molar-refractivity contribution in [3.63, 3.8) is 0 Å². The zero-order valence-corrected chi connectivity index (χ0v) is 10.8. The third-order valence-electron chi connectivity index (χ3n) is 5.02. The van der Waals surface area contributed by atoms with E-state index in [9.17, 15) is 0 Å². The molecule has 4 atom stereocenters. The minimum absolute atomic E-state index is 0.550. The quantitative estimate of drug-likeness (QED) is 0.740. The number of rotatable bonds is 1. The van der Waals surface area contributed by atoms with Crippen LogP contribution in [0.15, 0.2) is 29.3 Å². The van der Waals surface area contributed by atoms with Crippen molar-refractivity contribution in [2.45, 2.75) is 32.2 Å². The zero-order valence-electron chi connectivity index (χ0n) is 10.8. The van der Waals surface area contributed by atoms with Crippen LogP contribution in [0, 0.1) is 24.7 Å². The van der Waals surface area contributed by atoms with Crippen LogP contribution in [0.2, 0.25) is 0 Å². The topological polar surface area (TPSA) is 21.6 Å². The van der Waals surface area contributed by atoms with Crippen LogP contribution in [-0.4, -0.2) is 18.5 Å². The molecule has 1 aromatic rings. The van der Waals surface area contributed by atoms with E-state index in [0.29, 0.717) is 12.0 Å². The van der Waals surface area contributed by atoms with Gasteiger partial charge in [0, 0.05) is 11.5 Å². The van der Waals surface area contributed by atoms with Crippen LogP contribution in [0.25, 0.3) is 0 Å². The minimum Gasteiger partial charge on any atom is -0.477 e. The molecule has 1 heterocycles. The maximum absolute atomic E-state index is 5.92. The average molecular weight is 241 g/mol. The molecule has 0 radical (unpaired) electrons. The first-order valence-electron chi connectivity index (χ1n) is 7.09. The Morgan fingerprint density at radius 1 is 1.11 bits per heavy atom. The average Bonchev–Trinajstić information content (AvgIpc) is 3.01. The minimum atomic E-state index is 0.550. The van der Waals surface area contributed by atoms with E-state index in [1.54, 1.807) is 0 Å². The third-order valence-corrected chi connectivity index (χ3v) is 5.02. The van der Waals surface area contributed by atoms with Gasteiger partial charge in [0.2, 0.25) is 5.90 Å². The van der Waals surface area contributed by atoms with E-state index in [0.717, 1.165) is 29.9 Å². The Hall–Kier alpha value is -1.31. The zero-order chi connectivity index (χ0) is 12.1. The molecule has 2 aliphatic carbocycles. The summed E-state index contributed by atoms with van der Waals surface area (Å²) in [5.41, 5.74) is 2.43. The Morgan fingerprint density at radius 2 is 1.89 bits per heavy atom. The molecule has 0 saturated heterocycles. The Balaban J connectivity index is 1.65. The van der Waals surface area contributed by atoms with Gasteiger partial charge in [-0.05, 0) is 50.2 Å². The van der Waals surface area contributed by atoms with Gasteiger partial charge in [-0.1, -0.05) is 17.7 Å². The molecule has 0 N–H and O–H groups in total. The predicted molar refractivity (Wildman–Crippen MR) is 71.8 cm³/mol. The number of hydrogen-bond acceptors (Lipinski definition) is 2. The van der Waals surface area contributed by atoms with Crippen LogP contribution < -0.4 is 0 Å². The molecule has 1 aliphatic heterocycles. The Labute approximate surface area is 108 Å². The number of hydrogen-bond donors (Lipinski definition) is 0. The van der Waals surface area contributed by atoms with Crippen molar-refractivity contribution in [3.05, 3.63) is 35.4 Å². The fraction of sp³-hybridized carbons (Fsp3) is 0.562. The number of nitrogens with zero attached hydrogens (tertiary/aromatic N) is 1. The first kappa shape index (κ1) is 10.6. The smallest absolute Gasteiger partial charge is 0.216 e. The Bertz CT molecular complexity index is 490. The first-order valence-corrected chi connectivity index (χ1v) is 7.09. The van der Waals surface area contributed by atoms with Crippen LogP contribution in [0.5, 0.6) is 0 Å². The lowest BCUT2D eigenvalue weighted by Crippen LogP contribution is -2.36. The van der Waals surface area contributed by atoms with E-state index in [2.05, 4.69) is 31.2 Å². The maximum Gasteiger partial charge on any atom is 0.216 e. The summed E-state index contributed by atoms with van der Waals surface area (Å²) in [6.45, 7) is 3.00. The van der Waals surface area contributed by atoms with Crippen molar-refractivity contribution in [2.24, 2.45) is 22.7 Å². The van der Waals surface area contributed by atoms with Gasteiger partial charge in [0.05, 0.1) is 12.6 Å². The Kier molecular flexibility index (Phi) is 2.26. The molecule has 2 heteroatoms. The summed E-state index contributed by atoms with van der Waals surface area (Å²) in [4.78, 5) is 4.92. The lowest BCUT2D eigenvalue weighted by Gasteiger charge is -2.32. The van der Waals surface area contributed by atoms with Gasteiger partial charge in [-0.25, -0.2) is 4.99 Å². The van der Waals surface area contributed by atoms with Crippen LogP contribution >= 0.6 is 0 Å². The van der Waals surface area contributed by atoms with E-state index in [-0.39, 0.29) is 0 Å². The van der Waals surface area contributed by atoms with Gasteiger partial charge < -0.3 is 4.74 Å². The van der Waals surface area contributed by atoms with E-state index < -0.39 is 0 Å². The molecule has 2 nitrogen and oxygen atoms in total. The molecule has 4 rings (SSSR count). The van der Waals surface area contributed by atoms with E-state index in [1.165, 1.54) is 24.8 Å². The van der Waals surface area contributed by atoms with Crippen molar-refractivity contribution < 1.29 is 4.74 Å². The standard InChI is InChI=1S/C16H19NO/c1-10-2-4-11(5-3-10)16-17-15-13-7-6-12(8-13)14(15)9-18-16/h2-5,12-15H,6-9H2,1H3/t12-,13+,14+,15-/m0/s1. The summed E-state index contributed by atoms with van der Waals surface area (Å²) in [6.07, 6.45) is 4.18. The van der Waals surface area contributed by atoms with Gasteiger partial charge in [-0.2, -0.15) is 0 Å². The second kappa shape index (κ2) is 3.84. The lowest BCUT2D eigenvalue weighted by molar-refractivity contribution is 0.145. The van der Waals surface area contributed by atoms with Crippen molar-refractivity contribution in [1.29, 1.82) is 0 Å². The van der Waals surface area contributed by atoms with Gasteiger partial charge in [-0.15, -0.1) is 0 Å². The molecule has 2 fully saturated rings. The maximum atomic E-state index is 5.92. The molecular formula is C16H19NO. The molecule has 2 bridgehead atoms. The molecule has 18 heavy (non-hydrogen) atoms. The van der Waals surface area contributed by atoms with Crippen molar-refractivity contribution in [2.75, 3.05) is 6.61 Å². The summed E-state index contributed by atoms with van der Waals surface area (Å²) in [6, 6.07) is 9.07. The molecule has 0 unspecified atom stereocenters. The Morgan fingerprint density at radius 3 is 2.72 bits per heavy atom. The van der Waals surface area contributed by atoms with Gasteiger partial charge in [0.25, 0.3) is 0 Å². The van der Waals surface area contributed by atoms with Crippen LogP contribution in [0.3, 0.4) is 0 Å². The first-order chi connectivity index (χ1) is 8.81. The van der Waals surface area contributed by atoms with E-state index >= 15 is 0 Å². The largest absolute Gasteiger partial charge is 0.477 e. The number of benzene rings is 1. The van der Waals surface area contributed by atoms with Gasteiger partial charge in [0.15, 0.2) is 0 Å². The predicted octanol–water partition coefficient (Wildman–Crippen LogP) is 3.19. The summed E-state index contributed by atoms with van der Waals surface area (Å²) < 4.78 is 5.92. The molecule has 3 aliphatic rings. The van der Waals surface area contributed by atoms with Crippen molar-refractivity contribution >= 4 is 5.90 Å². The number of ether oxygens (including phenoxy) is 1. The highest BCUT2D eigenvalue weighted by molar-refractivity contribution is 5.94. The number of aryl methyl sites for hydroxylation is 1. The highest BCUT2D eigenvalue weighted by Gasteiger charge is 2.49. The molecule has 2 saturated carbocycles. The van der Waals surface area contributed by atoms with E-state index in [1.807, 2.05) is 0 Å². The van der Waals surface area contributed by atoms with Crippen LogP contribution in [-0.2, 0) is 4.74 Å². The highest BCUT2D eigenvalue weighted by Crippen LogP contribution is 2.51. The highest BCUT2D eigenvalue weighted by atomic mass is 16.5. The summed E-state index contributed by atoms with van der Waals surface area (Å²) in [7, 11) is 0. The van der Waals surface area contributed by atoms with Gasteiger partial charge in [0.1, 0.15) is 0 Å². The summed E-state index contributed by atoms with van der Waals surface area (Å²) in [5.74, 6) is 3.31. The molecule has 94 valence electrons. The third kappa shape index (κ3) is 1.51. The van der Waals surface area contributed by atoms with Gasteiger partial charge in [-0.3, -0.25) is 0 Å². The normalized spacial score (nSPS) is 37.1. The monoisotopic (exact) mass is 241 g/mol. The second-order valence-electron chi connectivity index (χ2n) is 6.10. The van der Waals surface area contributed by atoms with Crippen molar-refractivity contribution in [3.8, 4) is 0 Å². The summed E-state index contributed by atoms with van der Waals surface area (Å²) >= 11 is 0. The van der Waals surface area contributed by atoms with Crippen LogP contribution in [0.4, 0.5) is 0 Å². The molecule has 0 spiro atoms. The summed E-state index contributed by atoms with van der Waals surface area (Å²) in [5, 5.41) is 0. The molecular weight excluding hydrogens is 222 g/mol. The van der Waals surface area contributed by atoms with Gasteiger partial charge >= 0.3 is 0 Å². The SMILES string of the molecule is Cc1ccc(C2=N[C@H]3[C@@H]4CC[C@@H](C4)[C@H]3CO2)cc1. The number of aliphatic imine (C=N–C) groups is 1. The molecule has 1 aromatic carbocycles. The fourth-order valence-corrected chi connectivity index (χ4v) is 4.02. The van der Waals surface area contributed by atoms with E-state index in [4.69, 9.17) is 9.73 Å². The number of fused-ring (bicyclic) bond motifs is 5. The second-order valence-corrected chi connectivity index (χ2v) is 6.10. The molecule has 0 amide bonds. The fourth-order valence-electron chi connectivity index (χ4n) is 4.02. The van der Waals surface area contributed by atoms with Crippen molar-refractivity contribution in [1.82, 2.24) is 0 Å². The molecule has 0 aromatic heterocycles. The lowest BCUT2D eigenvalue weighted by atomic mass is 9.84.